The van der Waals surface area contributed by atoms with Gasteiger partial charge < -0.3 is 9.84 Å². The maximum Gasteiger partial charge on any atom is 0.119 e. The first kappa shape index (κ1) is 10.6. The van der Waals surface area contributed by atoms with Crippen molar-refractivity contribution >= 4 is 11.3 Å². The molecule has 0 bridgehead atoms. The summed E-state index contributed by atoms with van der Waals surface area (Å²) in [5, 5.41) is 10.3. The minimum absolute atomic E-state index is 0.423. The van der Waals surface area contributed by atoms with E-state index in [-0.39, 0.29) is 0 Å². The van der Waals surface area contributed by atoms with Gasteiger partial charge in [0, 0.05) is 6.61 Å². The maximum absolute atomic E-state index is 9.37. The third-order valence-corrected chi connectivity index (χ3v) is 2.99. The Morgan fingerprint density at radius 1 is 1.62 bits per heavy atom. The molecule has 3 nitrogen and oxygen atoms in total. The van der Waals surface area contributed by atoms with Crippen LogP contribution < -0.4 is 0 Å². The number of aliphatic hydroxyl groups is 1. The Kier molecular flexibility index (Phi) is 3.84. The summed E-state index contributed by atoms with van der Waals surface area (Å²) >= 11 is 1.52. The number of aliphatic hydroxyl groups excluding tert-OH is 1. The van der Waals surface area contributed by atoms with Gasteiger partial charge in [0.25, 0.3) is 0 Å². The van der Waals surface area contributed by atoms with E-state index in [0.717, 1.165) is 15.6 Å². The van der Waals surface area contributed by atoms with Crippen LogP contribution in [0.25, 0.3) is 0 Å². The van der Waals surface area contributed by atoms with E-state index in [4.69, 9.17) is 4.74 Å². The summed E-state index contributed by atoms with van der Waals surface area (Å²) in [6.45, 7) is 6.87. The highest BCUT2D eigenvalue weighted by Gasteiger charge is 2.11. The SMILES string of the molecule is CCOCc1nc(C)c(C(C)O)s1. The third kappa shape index (κ3) is 2.76. The number of hydrogen-bond donors (Lipinski definition) is 1. The van der Waals surface area contributed by atoms with Gasteiger partial charge in [0.15, 0.2) is 0 Å². The van der Waals surface area contributed by atoms with Gasteiger partial charge in [-0.2, -0.15) is 0 Å². The molecule has 0 spiro atoms. The van der Waals surface area contributed by atoms with Gasteiger partial charge in [-0.3, -0.25) is 0 Å². The molecule has 74 valence electrons. The molecule has 1 N–H and O–H groups in total. The third-order valence-electron chi connectivity index (χ3n) is 1.69. The van der Waals surface area contributed by atoms with Crippen molar-refractivity contribution in [3.63, 3.8) is 0 Å². The van der Waals surface area contributed by atoms with Crippen LogP contribution in [-0.2, 0) is 11.3 Å². The molecule has 0 saturated carbocycles. The highest BCUT2D eigenvalue weighted by Crippen LogP contribution is 2.24. The zero-order valence-electron chi connectivity index (χ0n) is 8.20. The summed E-state index contributed by atoms with van der Waals surface area (Å²) in [6.07, 6.45) is -0.423. The Hall–Kier alpha value is -0.450. The molecular weight excluding hydrogens is 186 g/mol. The smallest absolute Gasteiger partial charge is 0.119 e. The van der Waals surface area contributed by atoms with Crippen molar-refractivity contribution in [2.75, 3.05) is 6.61 Å². The first-order valence-electron chi connectivity index (χ1n) is 4.37. The Bertz CT molecular complexity index is 271. The van der Waals surface area contributed by atoms with Crippen molar-refractivity contribution in [1.29, 1.82) is 0 Å². The molecule has 0 aliphatic heterocycles. The largest absolute Gasteiger partial charge is 0.388 e. The average Bonchev–Trinajstić information content (AvgIpc) is 2.43. The monoisotopic (exact) mass is 201 g/mol. The molecule has 0 aliphatic carbocycles. The van der Waals surface area contributed by atoms with Crippen molar-refractivity contribution in [1.82, 2.24) is 4.98 Å². The van der Waals surface area contributed by atoms with E-state index in [9.17, 15) is 5.11 Å². The first-order valence-corrected chi connectivity index (χ1v) is 5.18. The molecule has 0 saturated heterocycles. The predicted octanol–water partition coefficient (Wildman–Crippen LogP) is 2.04. The molecule has 0 amide bonds. The number of aromatic nitrogens is 1. The molecule has 1 aromatic heterocycles. The maximum atomic E-state index is 9.37. The van der Waals surface area contributed by atoms with E-state index < -0.39 is 6.10 Å². The van der Waals surface area contributed by atoms with Gasteiger partial charge >= 0.3 is 0 Å². The van der Waals surface area contributed by atoms with Crippen molar-refractivity contribution in [2.45, 2.75) is 33.5 Å². The molecule has 1 heterocycles. The van der Waals surface area contributed by atoms with Gasteiger partial charge in [0.2, 0.25) is 0 Å². The molecule has 1 rings (SSSR count). The molecule has 13 heavy (non-hydrogen) atoms. The second-order valence-corrected chi connectivity index (χ2v) is 3.99. The Morgan fingerprint density at radius 3 is 2.77 bits per heavy atom. The van der Waals surface area contributed by atoms with Crippen LogP contribution in [0.2, 0.25) is 0 Å². The summed E-state index contributed by atoms with van der Waals surface area (Å²) in [4.78, 5) is 5.24. The van der Waals surface area contributed by atoms with Gasteiger partial charge in [-0.15, -0.1) is 11.3 Å². The molecule has 0 fully saturated rings. The van der Waals surface area contributed by atoms with Crippen molar-refractivity contribution in [2.24, 2.45) is 0 Å². The van der Waals surface area contributed by atoms with Crippen molar-refractivity contribution in [3.05, 3.63) is 15.6 Å². The van der Waals surface area contributed by atoms with Gasteiger partial charge in [0.05, 0.1) is 23.3 Å². The molecule has 0 aliphatic rings. The second kappa shape index (κ2) is 4.69. The summed E-state index contributed by atoms with van der Waals surface area (Å²) in [6, 6.07) is 0. The molecule has 4 heteroatoms. The zero-order valence-corrected chi connectivity index (χ0v) is 9.02. The van der Waals surface area contributed by atoms with E-state index in [0.29, 0.717) is 13.2 Å². The summed E-state index contributed by atoms with van der Waals surface area (Å²) in [5.41, 5.74) is 0.912. The minimum Gasteiger partial charge on any atom is -0.388 e. The van der Waals surface area contributed by atoms with Crippen LogP contribution >= 0.6 is 11.3 Å². The molecule has 0 radical (unpaired) electrons. The van der Waals surface area contributed by atoms with Crippen LogP contribution in [0.4, 0.5) is 0 Å². The van der Waals surface area contributed by atoms with Crippen LogP contribution in [-0.4, -0.2) is 16.7 Å². The van der Waals surface area contributed by atoms with E-state index in [1.165, 1.54) is 11.3 Å². The van der Waals surface area contributed by atoms with Crippen LogP contribution in [0.1, 0.15) is 35.5 Å². The van der Waals surface area contributed by atoms with Gasteiger partial charge in [-0.1, -0.05) is 0 Å². The van der Waals surface area contributed by atoms with E-state index in [2.05, 4.69) is 4.98 Å². The normalized spacial score (nSPS) is 13.2. The van der Waals surface area contributed by atoms with E-state index >= 15 is 0 Å². The minimum atomic E-state index is -0.423. The number of hydrogen-bond acceptors (Lipinski definition) is 4. The second-order valence-electron chi connectivity index (χ2n) is 2.87. The van der Waals surface area contributed by atoms with Gasteiger partial charge in [-0.25, -0.2) is 4.98 Å². The fraction of sp³-hybridized carbons (Fsp3) is 0.667. The fourth-order valence-electron chi connectivity index (χ4n) is 1.10. The summed E-state index contributed by atoms with van der Waals surface area (Å²) < 4.78 is 5.23. The van der Waals surface area contributed by atoms with E-state index in [1.807, 2.05) is 13.8 Å². The number of thiazole rings is 1. The van der Waals surface area contributed by atoms with E-state index in [1.54, 1.807) is 6.92 Å². The average molecular weight is 201 g/mol. The van der Waals surface area contributed by atoms with Crippen LogP contribution in [0, 0.1) is 6.92 Å². The summed E-state index contributed by atoms with van der Waals surface area (Å²) in [7, 11) is 0. The lowest BCUT2D eigenvalue weighted by atomic mass is 10.3. The van der Waals surface area contributed by atoms with Crippen molar-refractivity contribution < 1.29 is 9.84 Å². The lowest BCUT2D eigenvalue weighted by Gasteiger charge is -1.98. The van der Waals surface area contributed by atoms with Gasteiger partial charge in [-0.05, 0) is 20.8 Å². The highest BCUT2D eigenvalue weighted by atomic mass is 32.1. The molecular formula is C9H15NO2S. The number of nitrogens with zero attached hydrogens (tertiary/aromatic N) is 1. The molecule has 0 aromatic carbocycles. The lowest BCUT2D eigenvalue weighted by molar-refractivity contribution is 0.134. The number of rotatable bonds is 4. The highest BCUT2D eigenvalue weighted by molar-refractivity contribution is 7.11. The molecule has 1 atom stereocenters. The fourth-order valence-corrected chi connectivity index (χ4v) is 2.05. The van der Waals surface area contributed by atoms with Crippen molar-refractivity contribution in [3.8, 4) is 0 Å². The number of aryl methyl sites for hydroxylation is 1. The van der Waals surface area contributed by atoms with Crippen LogP contribution in [0.15, 0.2) is 0 Å². The molecule has 1 unspecified atom stereocenters. The standard InChI is InChI=1S/C9H15NO2S/c1-4-12-5-8-10-6(2)9(13-8)7(3)11/h7,11H,4-5H2,1-3H3. The topological polar surface area (TPSA) is 42.4 Å². The number of ether oxygens (including phenoxy) is 1. The Labute approximate surface area is 82.4 Å². The first-order chi connectivity index (χ1) is 6.15. The van der Waals surface area contributed by atoms with Crippen LogP contribution in [0.3, 0.4) is 0 Å². The van der Waals surface area contributed by atoms with Gasteiger partial charge in [0.1, 0.15) is 5.01 Å². The Morgan fingerprint density at radius 2 is 2.31 bits per heavy atom. The van der Waals surface area contributed by atoms with Crippen LogP contribution in [0.5, 0.6) is 0 Å². The predicted molar refractivity (Wildman–Crippen MR) is 52.8 cm³/mol. The Balaban J connectivity index is 2.71. The quantitative estimate of drug-likeness (QED) is 0.810. The zero-order chi connectivity index (χ0) is 9.84. The summed E-state index contributed by atoms with van der Waals surface area (Å²) in [5.74, 6) is 0. The molecule has 1 aromatic rings. The lowest BCUT2D eigenvalue weighted by Crippen LogP contribution is -1.90.